The molecule has 2 aromatic rings. The molecular weight excluding hydrogens is 358 g/mol. The second kappa shape index (κ2) is 10.5. The molecule has 1 heterocycles. The number of anilines is 3. The SMILES string of the molecule is COCC(C)Nc1nccc(N(C(=O)NCC(C)C)c2ccc(OC)cc2)n1. The van der Waals surface area contributed by atoms with Crippen LogP contribution in [0.3, 0.4) is 0 Å². The first-order chi connectivity index (χ1) is 13.4. The van der Waals surface area contributed by atoms with E-state index in [1.165, 1.54) is 4.90 Å². The minimum Gasteiger partial charge on any atom is -0.497 e. The lowest BCUT2D eigenvalue weighted by molar-refractivity contribution is 0.190. The normalized spacial score (nSPS) is 11.8. The van der Waals surface area contributed by atoms with Gasteiger partial charge in [-0.3, -0.25) is 0 Å². The van der Waals surface area contributed by atoms with Gasteiger partial charge in [-0.25, -0.2) is 14.7 Å². The maximum absolute atomic E-state index is 12.9. The first-order valence-corrected chi connectivity index (χ1v) is 9.25. The molecule has 0 bridgehead atoms. The lowest BCUT2D eigenvalue weighted by Crippen LogP contribution is -2.39. The van der Waals surface area contributed by atoms with E-state index in [2.05, 4.69) is 20.6 Å². The van der Waals surface area contributed by atoms with E-state index in [1.807, 2.05) is 32.9 Å². The second-order valence-electron chi connectivity index (χ2n) is 6.85. The zero-order valence-corrected chi connectivity index (χ0v) is 17.1. The smallest absolute Gasteiger partial charge is 0.327 e. The summed E-state index contributed by atoms with van der Waals surface area (Å²) in [4.78, 5) is 23.2. The van der Waals surface area contributed by atoms with Crippen molar-refractivity contribution in [2.75, 3.05) is 37.6 Å². The van der Waals surface area contributed by atoms with E-state index < -0.39 is 0 Å². The molecule has 8 heteroatoms. The fourth-order valence-corrected chi connectivity index (χ4v) is 2.51. The third-order valence-corrected chi connectivity index (χ3v) is 3.86. The zero-order chi connectivity index (χ0) is 20.5. The number of carbonyl (C=O) groups is 1. The zero-order valence-electron chi connectivity index (χ0n) is 17.1. The maximum atomic E-state index is 12.9. The number of nitrogens with zero attached hydrogens (tertiary/aromatic N) is 3. The molecule has 2 N–H and O–H groups in total. The Labute approximate surface area is 166 Å². The van der Waals surface area contributed by atoms with Gasteiger partial charge in [0.05, 0.1) is 19.4 Å². The minimum atomic E-state index is -0.256. The lowest BCUT2D eigenvalue weighted by Gasteiger charge is -2.23. The van der Waals surface area contributed by atoms with Gasteiger partial charge in [0.1, 0.15) is 11.6 Å². The third kappa shape index (κ3) is 6.09. The molecule has 0 spiro atoms. The second-order valence-corrected chi connectivity index (χ2v) is 6.85. The fraction of sp³-hybridized carbons (Fsp3) is 0.450. The molecule has 0 aliphatic carbocycles. The molecule has 152 valence electrons. The Morgan fingerprint density at radius 1 is 1.14 bits per heavy atom. The molecule has 1 unspecified atom stereocenters. The van der Waals surface area contributed by atoms with Crippen LogP contribution < -0.4 is 20.3 Å². The van der Waals surface area contributed by atoms with Crippen molar-refractivity contribution in [1.82, 2.24) is 15.3 Å². The highest BCUT2D eigenvalue weighted by Crippen LogP contribution is 2.26. The summed E-state index contributed by atoms with van der Waals surface area (Å²) in [5, 5.41) is 6.11. The van der Waals surface area contributed by atoms with Crippen LogP contribution in [-0.2, 0) is 4.74 Å². The summed E-state index contributed by atoms with van der Waals surface area (Å²) in [5.74, 6) is 1.94. The summed E-state index contributed by atoms with van der Waals surface area (Å²) in [5.41, 5.74) is 0.677. The minimum absolute atomic E-state index is 0.0319. The Morgan fingerprint density at radius 2 is 1.86 bits per heavy atom. The predicted molar refractivity (Wildman–Crippen MR) is 110 cm³/mol. The molecule has 2 rings (SSSR count). The largest absolute Gasteiger partial charge is 0.497 e. The van der Waals surface area contributed by atoms with Crippen LogP contribution in [0.25, 0.3) is 0 Å². The number of amides is 2. The summed E-state index contributed by atoms with van der Waals surface area (Å²) < 4.78 is 10.3. The van der Waals surface area contributed by atoms with Crippen LogP contribution in [0.1, 0.15) is 20.8 Å². The fourth-order valence-electron chi connectivity index (χ4n) is 2.51. The van der Waals surface area contributed by atoms with E-state index in [-0.39, 0.29) is 12.1 Å². The van der Waals surface area contributed by atoms with E-state index in [4.69, 9.17) is 9.47 Å². The standard InChI is InChI=1S/C20H29N5O3/c1-14(2)12-22-20(26)25(16-6-8-17(28-5)9-7-16)18-10-11-21-19(24-18)23-15(3)13-27-4/h6-11,14-15H,12-13H2,1-5H3,(H,22,26)(H,21,23,24). The number of ether oxygens (including phenoxy) is 2. The third-order valence-electron chi connectivity index (χ3n) is 3.86. The van der Waals surface area contributed by atoms with Crippen molar-refractivity contribution in [2.24, 2.45) is 5.92 Å². The highest BCUT2D eigenvalue weighted by atomic mass is 16.5. The van der Waals surface area contributed by atoms with Crippen molar-refractivity contribution < 1.29 is 14.3 Å². The number of carbonyl (C=O) groups excluding carboxylic acids is 1. The molecule has 0 fully saturated rings. The number of methoxy groups -OCH3 is 2. The van der Waals surface area contributed by atoms with Crippen molar-refractivity contribution in [2.45, 2.75) is 26.8 Å². The average Bonchev–Trinajstić information content (AvgIpc) is 2.67. The highest BCUT2D eigenvalue weighted by Gasteiger charge is 2.20. The molecule has 1 aromatic carbocycles. The van der Waals surface area contributed by atoms with Crippen molar-refractivity contribution in [3.05, 3.63) is 36.5 Å². The molecule has 28 heavy (non-hydrogen) atoms. The van der Waals surface area contributed by atoms with Gasteiger partial charge in [-0.1, -0.05) is 13.8 Å². The van der Waals surface area contributed by atoms with E-state index in [9.17, 15) is 4.79 Å². The quantitative estimate of drug-likeness (QED) is 0.685. The number of nitrogens with one attached hydrogen (secondary N) is 2. The molecule has 8 nitrogen and oxygen atoms in total. The molecule has 0 aliphatic heterocycles. The summed E-state index contributed by atoms with van der Waals surface area (Å²) >= 11 is 0. The summed E-state index contributed by atoms with van der Waals surface area (Å²) in [6.07, 6.45) is 1.62. The Hall–Kier alpha value is -2.87. The van der Waals surface area contributed by atoms with Gasteiger partial charge in [-0.15, -0.1) is 0 Å². The number of aromatic nitrogens is 2. The van der Waals surface area contributed by atoms with Crippen molar-refractivity contribution in [1.29, 1.82) is 0 Å². The molecule has 0 saturated carbocycles. The van der Waals surface area contributed by atoms with Crippen LogP contribution >= 0.6 is 0 Å². The predicted octanol–water partition coefficient (Wildman–Crippen LogP) is 3.44. The highest BCUT2D eigenvalue weighted by molar-refractivity contribution is 5.98. The van der Waals surface area contributed by atoms with Gasteiger partial charge in [0, 0.05) is 32.0 Å². The first kappa shape index (κ1) is 21.4. The number of hydrogen-bond donors (Lipinski definition) is 2. The van der Waals surface area contributed by atoms with Crippen LogP contribution in [0.15, 0.2) is 36.5 Å². The van der Waals surface area contributed by atoms with Crippen molar-refractivity contribution in [3.8, 4) is 5.75 Å². The van der Waals surface area contributed by atoms with E-state index in [0.717, 1.165) is 0 Å². The Kier molecular flexibility index (Phi) is 8.01. The molecule has 0 aliphatic rings. The maximum Gasteiger partial charge on any atom is 0.327 e. The van der Waals surface area contributed by atoms with Crippen LogP contribution in [-0.4, -0.2) is 49.4 Å². The monoisotopic (exact) mass is 387 g/mol. The van der Waals surface area contributed by atoms with E-state index in [1.54, 1.807) is 38.6 Å². The molecule has 1 atom stereocenters. The summed E-state index contributed by atoms with van der Waals surface area (Å²) in [7, 11) is 3.24. The molecule has 1 aromatic heterocycles. The van der Waals surface area contributed by atoms with Crippen LogP contribution in [0.2, 0.25) is 0 Å². The van der Waals surface area contributed by atoms with E-state index >= 15 is 0 Å². The summed E-state index contributed by atoms with van der Waals surface area (Å²) in [6.45, 7) is 7.14. The van der Waals surface area contributed by atoms with Crippen molar-refractivity contribution in [3.63, 3.8) is 0 Å². The Bertz CT molecular complexity index is 752. The Morgan fingerprint density at radius 3 is 2.46 bits per heavy atom. The van der Waals surface area contributed by atoms with Crippen LogP contribution in [0.5, 0.6) is 5.75 Å². The Balaban J connectivity index is 2.33. The lowest BCUT2D eigenvalue weighted by atomic mass is 10.2. The number of urea groups is 1. The first-order valence-electron chi connectivity index (χ1n) is 9.25. The van der Waals surface area contributed by atoms with Gasteiger partial charge in [0.25, 0.3) is 0 Å². The van der Waals surface area contributed by atoms with Gasteiger partial charge in [0.15, 0.2) is 0 Å². The molecule has 0 radical (unpaired) electrons. The van der Waals surface area contributed by atoms with Crippen LogP contribution in [0.4, 0.5) is 22.2 Å². The molecule has 2 amide bonds. The molecular formula is C20H29N5O3. The van der Waals surface area contributed by atoms with Crippen LogP contribution in [0, 0.1) is 5.92 Å². The molecule has 0 saturated heterocycles. The van der Waals surface area contributed by atoms with Crippen molar-refractivity contribution >= 4 is 23.5 Å². The van der Waals surface area contributed by atoms with Gasteiger partial charge >= 0.3 is 6.03 Å². The van der Waals surface area contributed by atoms with Gasteiger partial charge in [0.2, 0.25) is 5.95 Å². The van der Waals surface area contributed by atoms with Gasteiger partial charge < -0.3 is 20.1 Å². The number of benzene rings is 1. The topological polar surface area (TPSA) is 88.6 Å². The van der Waals surface area contributed by atoms with Gasteiger partial charge in [-0.05, 0) is 37.1 Å². The van der Waals surface area contributed by atoms with E-state index in [0.29, 0.717) is 42.3 Å². The van der Waals surface area contributed by atoms with Gasteiger partial charge in [-0.2, -0.15) is 4.98 Å². The average molecular weight is 387 g/mol. The number of hydrogen-bond acceptors (Lipinski definition) is 6. The summed E-state index contributed by atoms with van der Waals surface area (Å²) in [6, 6.07) is 8.72. The number of rotatable bonds is 9.